The van der Waals surface area contributed by atoms with E-state index in [0.29, 0.717) is 29.0 Å². The Bertz CT molecular complexity index is 1170. The molecule has 0 aliphatic rings. The molecule has 0 fully saturated rings. The fourth-order valence-electron chi connectivity index (χ4n) is 3.47. The van der Waals surface area contributed by atoms with Crippen LogP contribution in [0.4, 0.5) is 10.1 Å². The lowest BCUT2D eigenvalue weighted by molar-refractivity contribution is -0.137. The first-order valence-corrected chi connectivity index (χ1v) is 11.1. The number of fused-ring (bicyclic) bond motifs is 1. The van der Waals surface area contributed by atoms with Gasteiger partial charge in [0.25, 0.3) is 10.0 Å². The second-order valence-corrected chi connectivity index (χ2v) is 9.09. The number of benzene rings is 2. The molecule has 7 nitrogen and oxygen atoms in total. The number of carboxylic acid groups (broad SMARTS) is 1. The second kappa shape index (κ2) is 8.43. The van der Waals surface area contributed by atoms with Crippen LogP contribution < -0.4 is 4.31 Å². The van der Waals surface area contributed by atoms with Crippen molar-refractivity contribution in [2.24, 2.45) is 0 Å². The summed E-state index contributed by atoms with van der Waals surface area (Å²) >= 11 is 0. The van der Waals surface area contributed by atoms with Crippen molar-refractivity contribution in [3.05, 3.63) is 54.1 Å². The minimum atomic E-state index is -3.93. The van der Waals surface area contributed by atoms with Crippen LogP contribution in [0.2, 0.25) is 0 Å². The van der Waals surface area contributed by atoms with E-state index in [4.69, 9.17) is 0 Å². The van der Waals surface area contributed by atoms with Crippen LogP contribution in [0.1, 0.15) is 33.0 Å². The first kappa shape index (κ1) is 21.8. The molecule has 1 heterocycles. The zero-order valence-corrected chi connectivity index (χ0v) is 17.9. The molecule has 0 saturated heterocycles. The minimum Gasteiger partial charge on any atom is -0.480 e. The number of anilines is 1. The van der Waals surface area contributed by atoms with Gasteiger partial charge in [-0.15, -0.1) is 0 Å². The predicted octanol–water partition coefficient (Wildman–Crippen LogP) is 3.82. The van der Waals surface area contributed by atoms with Gasteiger partial charge in [-0.3, -0.25) is 9.10 Å². The van der Waals surface area contributed by atoms with Gasteiger partial charge in [0.15, 0.2) is 0 Å². The summed E-state index contributed by atoms with van der Waals surface area (Å²) in [4.78, 5) is 15.8. The number of imidazole rings is 1. The number of hydrogen-bond acceptors (Lipinski definition) is 4. The molecule has 0 aliphatic carbocycles. The molecule has 3 aromatic rings. The van der Waals surface area contributed by atoms with Crippen LogP contribution in [0.5, 0.6) is 0 Å². The SMILES string of the molecule is CCCc1nc2cc(N(C(C)C)S(=O)(=O)c3ccc(F)cc3)ccc2n1CC(=O)O. The quantitative estimate of drug-likeness (QED) is 0.583. The molecule has 160 valence electrons. The van der Waals surface area contributed by atoms with Crippen molar-refractivity contribution in [3.63, 3.8) is 0 Å². The number of carbonyl (C=O) groups is 1. The van der Waals surface area contributed by atoms with Crippen molar-refractivity contribution in [3.8, 4) is 0 Å². The van der Waals surface area contributed by atoms with E-state index in [9.17, 15) is 22.7 Å². The fraction of sp³-hybridized carbons (Fsp3) is 0.333. The number of sulfonamides is 1. The van der Waals surface area contributed by atoms with Crippen molar-refractivity contribution in [1.29, 1.82) is 0 Å². The summed E-state index contributed by atoms with van der Waals surface area (Å²) in [6.45, 7) is 5.26. The number of halogens is 1. The molecule has 0 amide bonds. The maximum atomic E-state index is 13.3. The van der Waals surface area contributed by atoms with E-state index < -0.39 is 27.9 Å². The van der Waals surface area contributed by atoms with Crippen LogP contribution >= 0.6 is 0 Å². The Balaban J connectivity index is 2.12. The van der Waals surface area contributed by atoms with Crippen LogP contribution in [-0.4, -0.2) is 35.1 Å². The third kappa shape index (κ3) is 4.16. The van der Waals surface area contributed by atoms with Crippen LogP contribution in [0.3, 0.4) is 0 Å². The summed E-state index contributed by atoms with van der Waals surface area (Å²) in [5.41, 5.74) is 1.56. The Hall–Kier alpha value is -2.94. The lowest BCUT2D eigenvalue weighted by Crippen LogP contribution is -2.37. The molecular weight excluding hydrogens is 409 g/mol. The van der Waals surface area contributed by atoms with Gasteiger partial charge in [0, 0.05) is 12.5 Å². The van der Waals surface area contributed by atoms with E-state index >= 15 is 0 Å². The van der Waals surface area contributed by atoms with Crippen molar-refractivity contribution in [2.45, 2.75) is 51.1 Å². The molecule has 2 aromatic carbocycles. The number of hydrogen-bond donors (Lipinski definition) is 1. The summed E-state index contributed by atoms with van der Waals surface area (Å²) in [6, 6.07) is 9.26. The van der Waals surface area contributed by atoms with E-state index in [2.05, 4.69) is 4.98 Å². The largest absolute Gasteiger partial charge is 0.480 e. The van der Waals surface area contributed by atoms with E-state index in [1.165, 1.54) is 16.4 Å². The first-order chi connectivity index (χ1) is 14.1. The normalized spacial score (nSPS) is 11.9. The molecule has 3 rings (SSSR count). The number of carboxylic acids is 1. The highest BCUT2D eigenvalue weighted by atomic mass is 32.2. The number of nitrogens with zero attached hydrogens (tertiary/aromatic N) is 3. The van der Waals surface area contributed by atoms with E-state index in [0.717, 1.165) is 18.6 Å². The van der Waals surface area contributed by atoms with Gasteiger partial charge in [-0.1, -0.05) is 6.92 Å². The topological polar surface area (TPSA) is 92.5 Å². The van der Waals surface area contributed by atoms with Crippen molar-refractivity contribution in [1.82, 2.24) is 9.55 Å². The lowest BCUT2D eigenvalue weighted by atomic mass is 10.2. The highest BCUT2D eigenvalue weighted by Gasteiger charge is 2.28. The van der Waals surface area contributed by atoms with Crippen LogP contribution in [0.25, 0.3) is 11.0 Å². The Kier molecular flexibility index (Phi) is 6.12. The van der Waals surface area contributed by atoms with Gasteiger partial charge in [0.05, 0.1) is 21.6 Å². The van der Waals surface area contributed by atoms with Gasteiger partial charge in [0.2, 0.25) is 0 Å². The number of aliphatic carboxylic acids is 1. The second-order valence-electron chi connectivity index (χ2n) is 7.28. The number of rotatable bonds is 8. The summed E-state index contributed by atoms with van der Waals surface area (Å²) in [6.07, 6.45) is 1.41. The molecule has 9 heteroatoms. The average molecular weight is 434 g/mol. The molecule has 30 heavy (non-hydrogen) atoms. The zero-order valence-electron chi connectivity index (χ0n) is 17.0. The molecule has 1 N–H and O–H groups in total. The van der Waals surface area contributed by atoms with Gasteiger partial charge in [-0.05, 0) is 62.7 Å². The number of aryl methyl sites for hydroxylation is 1. The smallest absolute Gasteiger partial charge is 0.323 e. The van der Waals surface area contributed by atoms with Gasteiger partial charge in [0.1, 0.15) is 18.2 Å². The minimum absolute atomic E-state index is 0.0132. The van der Waals surface area contributed by atoms with Crippen molar-refractivity contribution >= 4 is 32.7 Å². The standard InChI is InChI=1S/C21H24FN3O4S/c1-4-5-20-23-18-12-16(8-11-19(18)24(20)13-21(26)27)25(14(2)3)30(28,29)17-9-6-15(22)7-10-17/h6-12,14H,4-5,13H2,1-3H3,(H,26,27). The van der Waals surface area contributed by atoms with Crippen molar-refractivity contribution < 1.29 is 22.7 Å². The van der Waals surface area contributed by atoms with Crippen LogP contribution in [0.15, 0.2) is 47.4 Å². The third-order valence-electron chi connectivity index (χ3n) is 4.67. The Morgan fingerprint density at radius 1 is 1.20 bits per heavy atom. The van der Waals surface area contributed by atoms with E-state index in [1.807, 2.05) is 6.92 Å². The molecular formula is C21H24FN3O4S. The van der Waals surface area contributed by atoms with Crippen LogP contribution in [-0.2, 0) is 27.8 Å². The molecule has 0 aliphatic heterocycles. The first-order valence-electron chi connectivity index (χ1n) is 9.66. The Morgan fingerprint density at radius 2 is 1.87 bits per heavy atom. The summed E-state index contributed by atoms with van der Waals surface area (Å²) in [5, 5.41) is 9.24. The zero-order chi connectivity index (χ0) is 22.1. The number of aromatic nitrogens is 2. The van der Waals surface area contributed by atoms with E-state index in [-0.39, 0.29) is 11.4 Å². The summed E-state index contributed by atoms with van der Waals surface area (Å²) < 4.78 is 42.6. The monoisotopic (exact) mass is 433 g/mol. The molecule has 0 spiro atoms. The summed E-state index contributed by atoms with van der Waals surface area (Å²) in [5.74, 6) is -0.846. The van der Waals surface area contributed by atoms with Gasteiger partial charge < -0.3 is 9.67 Å². The lowest BCUT2D eigenvalue weighted by Gasteiger charge is -2.28. The van der Waals surface area contributed by atoms with Crippen molar-refractivity contribution in [2.75, 3.05) is 4.31 Å². The van der Waals surface area contributed by atoms with Gasteiger partial charge >= 0.3 is 5.97 Å². The molecule has 0 saturated carbocycles. The summed E-state index contributed by atoms with van der Waals surface area (Å²) in [7, 11) is -3.93. The Labute approximate surface area is 174 Å². The third-order valence-corrected chi connectivity index (χ3v) is 6.69. The molecule has 0 radical (unpaired) electrons. The highest BCUT2D eigenvalue weighted by Crippen LogP contribution is 2.30. The van der Waals surface area contributed by atoms with Gasteiger partial charge in [-0.2, -0.15) is 0 Å². The average Bonchev–Trinajstić information content (AvgIpc) is 2.98. The molecule has 0 atom stereocenters. The predicted molar refractivity (Wildman–Crippen MR) is 113 cm³/mol. The fourth-order valence-corrected chi connectivity index (χ4v) is 5.12. The van der Waals surface area contributed by atoms with Gasteiger partial charge in [-0.25, -0.2) is 17.8 Å². The van der Waals surface area contributed by atoms with Crippen LogP contribution in [0, 0.1) is 5.82 Å². The molecule has 1 aromatic heterocycles. The highest BCUT2D eigenvalue weighted by molar-refractivity contribution is 7.92. The van der Waals surface area contributed by atoms with E-state index in [1.54, 1.807) is 36.6 Å². The molecule has 0 unspecified atom stereocenters. The molecule has 0 bridgehead atoms. The maximum absolute atomic E-state index is 13.3. The maximum Gasteiger partial charge on any atom is 0.323 e. The Morgan fingerprint density at radius 3 is 2.43 bits per heavy atom.